The van der Waals surface area contributed by atoms with Crippen molar-refractivity contribution in [1.29, 1.82) is 0 Å². The summed E-state index contributed by atoms with van der Waals surface area (Å²) in [5.74, 6) is -0.246. The number of aliphatic carboxylic acids is 1. The van der Waals surface area contributed by atoms with Crippen LogP contribution in [0.3, 0.4) is 0 Å². The van der Waals surface area contributed by atoms with E-state index in [0.29, 0.717) is 22.1 Å². The highest BCUT2D eigenvalue weighted by atomic mass is 35.5. The number of benzene rings is 2. The molecule has 0 aromatic heterocycles. The molecule has 0 radical (unpaired) electrons. The van der Waals surface area contributed by atoms with Crippen LogP contribution in [0.15, 0.2) is 48.5 Å². The molecule has 0 bridgehead atoms. The minimum Gasteiger partial charge on any atom is -0.497 e. The van der Waals surface area contributed by atoms with E-state index in [9.17, 15) is 9.59 Å². The first-order valence-corrected chi connectivity index (χ1v) is 8.35. The number of carbonyl (C=O) groups excluding carboxylic acids is 1. The molecule has 2 aromatic rings. The summed E-state index contributed by atoms with van der Waals surface area (Å²) >= 11 is 5.86. The smallest absolute Gasteiger partial charge is 0.305 e. The predicted octanol–water partition coefficient (Wildman–Crippen LogP) is 3.45. The number of rotatable bonds is 8. The number of ether oxygens (including phenoxy) is 2. The molecule has 0 fully saturated rings. The van der Waals surface area contributed by atoms with Gasteiger partial charge in [-0.05, 0) is 48.9 Å². The number of methoxy groups -OCH3 is 1. The van der Waals surface area contributed by atoms with E-state index in [-0.39, 0.29) is 6.42 Å². The number of amides is 1. The van der Waals surface area contributed by atoms with Crippen LogP contribution in [0.4, 0.5) is 0 Å². The zero-order chi connectivity index (χ0) is 19.1. The molecule has 2 aromatic carbocycles. The molecule has 1 amide bonds. The molecule has 2 atom stereocenters. The molecule has 0 spiro atoms. The first-order valence-electron chi connectivity index (χ1n) is 7.97. The molecule has 7 heteroatoms. The number of carbonyl (C=O) groups is 2. The van der Waals surface area contributed by atoms with E-state index in [1.165, 1.54) is 0 Å². The van der Waals surface area contributed by atoms with Gasteiger partial charge in [0, 0.05) is 5.02 Å². The van der Waals surface area contributed by atoms with Gasteiger partial charge in [-0.2, -0.15) is 0 Å². The number of halogens is 1. The fraction of sp³-hybridized carbons (Fsp3) is 0.263. The van der Waals surface area contributed by atoms with Gasteiger partial charge in [-0.25, -0.2) is 0 Å². The summed E-state index contributed by atoms with van der Waals surface area (Å²) in [6.45, 7) is 1.60. The topological polar surface area (TPSA) is 84.9 Å². The van der Waals surface area contributed by atoms with Gasteiger partial charge < -0.3 is 19.9 Å². The normalized spacial score (nSPS) is 12.7. The zero-order valence-electron chi connectivity index (χ0n) is 14.4. The Morgan fingerprint density at radius 2 is 1.65 bits per heavy atom. The van der Waals surface area contributed by atoms with Gasteiger partial charge in [0.15, 0.2) is 6.10 Å². The molecule has 2 N–H and O–H groups in total. The SMILES string of the molecule is COc1ccc(OC(C)C(=O)N[C@@H](CC(=O)O)c2ccc(Cl)cc2)cc1. The van der Waals surface area contributed by atoms with Gasteiger partial charge in [0.1, 0.15) is 11.5 Å². The van der Waals surface area contributed by atoms with Gasteiger partial charge in [0.05, 0.1) is 19.6 Å². The molecule has 26 heavy (non-hydrogen) atoms. The maximum absolute atomic E-state index is 12.4. The molecule has 1 unspecified atom stereocenters. The van der Waals surface area contributed by atoms with Crippen LogP contribution in [0.1, 0.15) is 24.9 Å². The summed E-state index contributed by atoms with van der Waals surface area (Å²) in [5.41, 5.74) is 0.654. The third-order valence-corrected chi connectivity index (χ3v) is 3.96. The molecule has 0 aliphatic carbocycles. The van der Waals surface area contributed by atoms with Crippen molar-refractivity contribution in [2.45, 2.75) is 25.5 Å². The van der Waals surface area contributed by atoms with E-state index >= 15 is 0 Å². The summed E-state index contributed by atoms with van der Waals surface area (Å²) in [7, 11) is 1.56. The van der Waals surface area contributed by atoms with E-state index in [0.717, 1.165) is 0 Å². The van der Waals surface area contributed by atoms with Gasteiger partial charge in [0.25, 0.3) is 5.91 Å². The summed E-state index contributed by atoms with van der Waals surface area (Å²) in [5, 5.41) is 12.4. The van der Waals surface area contributed by atoms with E-state index in [1.54, 1.807) is 62.6 Å². The largest absolute Gasteiger partial charge is 0.497 e. The highest BCUT2D eigenvalue weighted by Crippen LogP contribution is 2.21. The van der Waals surface area contributed by atoms with Crippen molar-refractivity contribution in [3.63, 3.8) is 0 Å². The third kappa shape index (κ3) is 5.67. The Labute approximate surface area is 156 Å². The monoisotopic (exact) mass is 377 g/mol. The minimum atomic E-state index is -1.02. The quantitative estimate of drug-likeness (QED) is 0.736. The Bertz CT molecular complexity index is 746. The van der Waals surface area contributed by atoms with Crippen LogP contribution in [0, 0.1) is 0 Å². The highest BCUT2D eigenvalue weighted by Gasteiger charge is 2.22. The molecule has 0 saturated carbocycles. The number of hydrogen-bond acceptors (Lipinski definition) is 4. The number of carboxylic acid groups (broad SMARTS) is 1. The van der Waals surface area contributed by atoms with E-state index in [2.05, 4.69) is 5.32 Å². The van der Waals surface area contributed by atoms with Crippen molar-refractivity contribution in [3.8, 4) is 11.5 Å². The lowest BCUT2D eigenvalue weighted by Crippen LogP contribution is -2.39. The van der Waals surface area contributed by atoms with Crippen molar-refractivity contribution in [1.82, 2.24) is 5.32 Å². The molecular weight excluding hydrogens is 358 g/mol. The van der Waals surface area contributed by atoms with Crippen LogP contribution in [0.5, 0.6) is 11.5 Å². The maximum Gasteiger partial charge on any atom is 0.305 e. The van der Waals surface area contributed by atoms with E-state index in [4.69, 9.17) is 26.2 Å². The van der Waals surface area contributed by atoms with Gasteiger partial charge in [-0.3, -0.25) is 9.59 Å². The Balaban J connectivity index is 2.04. The summed E-state index contributed by atoms with van der Waals surface area (Å²) in [6.07, 6.45) is -1.05. The lowest BCUT2D eigenvalue weighted by molar-refractivity contribution is -0.138. The average molecular weight is 378 g/mol. The van der Waals surface area contributed by atoms with Crippen molar-refractivity contribution in [3.05, 3.63) is 59.1 Å². The summed E-state index contributed by atoms with van der Waals surface area (Å²) < 4.78 is 10.7. The minimum absolute atomic E-state index is 0.247. The van der Waals surface area contributed by atoms with Crippen LogP contribution < -0.4 is 14.8 Å². The summed E-state index contributed by atoms with van der Waals surface area (Å²) in [4.78, 5) is 23.6. The van der Waals surface area contributed by atoms with Crippen LogP contribution in [0.25, 0.3) is 0 Å². The molecular formula is C19H20ClNO5. The second kappa shape index (κ2) is 9.10. The fourth-order valence-electron chi connectivity index (χ4n) is 2.32. The fourth-order valence-corrected chi connectivity index (χ4v) is 2.45. The molecule has 0 aliphatic rings. The Hall–Kier alpha value is -2.73. The Kier molecular flexibility index (Phi) is 6.86. The lowest BCUT2D eigenvalue weighted by atomic mass is 10.0. The molecule has 6 nitrogen and oxygen atoms in total. The molecule has 138 valence electrons. The molecule has 2 rings (SSSR count). The molecule has 0 heterocycles. The Morgan fingerprint density at radius 1 is 1.08 bits per heavy atom. The maximum atomic E-state index is 12.4. The van der Waals surface area contributed by atoms with Gasteiger partial charge in [0.2, 0.25) is 0 Å². The lowest BCUT2D eigenvalue weighted by Gasteiger charge is -2.21. The van der Waals surface area contributed by atoms with E-state index < -0.39 is 24.0 Å². The summed E-state index contributed by atoms with van der Waals surface area (Å²) in [6, 6.07) is 12.8. The highest BCUT2D eigenvalue weighted by molar-refractivity contribution is 6.30. The van der Waals surface area contributed by atoms with Crippen molar-refractivity contribution >= 4 is 23.5 Å². The standard InChI is InChI=1S/C19H20ClNO5/c1-12(26-16-9-7-15(25-2)8-10-16)19(24)21-17(11-18(22)23)13-3-5-14(20)6-4-13/h3-10,12,17H,11H2,1-2H3,(H,21,24)(H,22,23)/t12?,17-/m0/s1. The number of hydrogen-bond donors (Lipinski definition) is 2. The Morgan fingerprint density at radius 3 is 2.19 bits per heavy atom. The van der Waals surface area contributed by atoms with Gasteiger partial charge >= 0.3 is 5.97 Å². The van der Waals surface area contributed by atoms with Crippen molar-refractivity contribution in [2.75, 3.05) is 7.11 Å². The molecule has 0 aliphatic heterocycles. The van der Waals surface area contributed by atoms with E-state index in [1.807, 2.05) is 0 Å². The van der Waals surface area contributed by atoms with Gasteiger partial charge in [-0.1, -0.05) is 23.7 Å². The number of carboxylic acids is 1. The first kappa shape index (κ1) is 19.6. The second-order valence-electron chi connectivity index (χ2n) is 5.65. The molecule has 0 saturated heterocycles. The average Bonchev–Trinajstić information content (AvgIpc) is 2.62. The van der Waals surface area contributed by atoms with Crippen LogP contribution >= 0.6 is 11.6 Å². The zero-order valence-corrected chi connectivity index (χ0v) is 15.2. The van der Waals surface area contributed by atoms with Crippen molar-refractivity contribution < 1.29 is 24.2 Å². The van der Waals surface area contributed by atoms with Crippen LogP contribution in [-0.4, -0.2) is 30.2 Å². The first-order chi connectivity index (χ1) is 12.4. The number of nitrogens with one attached hydrogen (secondary N) is 1. The predicted molar refractivity (Wildman–Crippen MR) is 97.7 cm³/mol. The van der Waals surface area contributed by atoms with Crippen molar-refractivity contribution in [2.24, 2.45) is 0 Å². The van der Waals surface area contributed by atoms with Gasteiger partial charge in [-0.15, -0.1) is 0 Å². The third-order valence-electron chi connectivity index (χ3n) is 3.71. The second-order valence-corrected chi connectivity index (χ2v) is 6.08. The van der Waals surface area contributed by atoms with Crippen LogP contribution in [-0.2, 0) is 9.59 Å². The van der Waals surface area contributed by atoms with Crippen LogP contribution in [0.2, 0.25) is 5.02 Å².